The summed E-state index contributed by atoms with van der Waals surface area (Å²) in [5, 5.41) is 0. The minimum Gasteiger partial charge on any atom is -0.493 e. The van der Waals surface area contributed by atoms with E-state index in [0.717, 1.165) is 18.7 Å². The number of rotatable bonds is 5. The molecule has 1 aromatic rings. The van der Waals surface area contributed by atoms with Gasteiger partial charge in [-0.25, -0.2) is 0 Å². The largest absolute Gasteiger partial charge is 0.493 e. The van der Waals surface area contributed by atoms with Gasteiger partial charge in [-0.2, -0.15) is 0 Å². The molecule has 5 heteroatoms. The summed E-state index contributed by atoms with van der Waals surface area (Å²) in [6.45, 7) is 8.11. The van der Waals surface area contributed by atoms with Crippen molar-refractivity contribution in [2.45, 2.75) is 39.7 Å². The van der Waals surface area contributed by atoms with Gasteiger partial charge in [-0.05, 0) is 62.9 Å². The van der Waals surface area contributed by atoms with Crippen LogP contribution in [0.5, 0.6) is 5.75 Å². The number of hydrogen-bond donors (Lipinski definition) is 1. The van der Waals surface area contributed by atoms with E-state index in [0.29, 0.717) is 31.5 Å². The summed E-state index contributed by atoms with van der Waals surface area (Å²) in [5.41, 5.74) is 8.15. The first-order chi connectivity index (χ1) is 10.0. The van der Waals surface area contributed by atoms with Crippen LogP contribution < -0.4 is 10.5 Å². The zero-order valence-corrected chi connectivity index (χ0v) is 14.5. The first-order valence-corrected chi connectivity index (χ1v) is 7.71. The van der Waals surface area contributed by atoms with Crippen LogP contribution in [0.1, 0.15) is 30.9 Å². The Balaban J connectivity index is 0.00000242. The molecule has 2 rings (SSSR count). The van der Waals surface area contributed by atoms with Gasteiger partial charge in [0.1, 0.15) is 5.75 Å². The van der Waals surface area contributed by atoms with Crippen molar-refractivity contribution < 1.29 is 9.53 Å². The second-order valence-corrected chi connectivity index (χ2v) is 6.08. The van der Waals surface area contributed by atoms with Gasteiger partial charge in [-0.3, -0.25) is 4.79 Å². The number of carbonyl (C=O) groups is 1. The monoisotopic (exact) mass is 326 g/mol. The highest BCUT2D eigenvalue weighted by Gasteiger charge is 2.31. The lowest BCUT2D eigenvalue weighted by Gasteiger charge is -2.21. The van der Waals surface area contributed by atoms with E-state index in [-0.39, 0.29) is 18.3 Å². The first-order valence-electron chi connectivity index (χ1n) is 7.71. The number of amides is 1. The molecular weight excluding hydrogens is 300 g/mol. The molecule has 1 aliphatic heterocycles. The van der Waals surface area contributed by atoms with Crippen LogP contribution in [-0.2, 0) is 4.79 Å². The van der Waals surface area contributed by atoms with Gasteiger partial charge in [0.15, 0.2) is 0 Å². The number of ether oxygens (including phenoxy) is 1. The van der Waals surface area contributed by atoms with Crippen LogP contribution in [0, 0.1) is 19.8 Å². The quantitative estimate of drug-likeness (QED) is 0.905. The molecule has 1 saturated heterocycles. The van der Waals surface area contributed by atoms with Crippen molar-refractivity contribution in [1.82, 2.24) is 4.90 Å². The summed E-state index contributed by atoms with van der Waals surface area (Å²) in [7, 11) is 0. The molecule has 0 aliphatic carbocycles. The predicted octanol–water partition coefficient (Wildman–Crippen LogP) is 2.69. The molecule has 1 aliphatic rings. The lowest BCUT2D eigenvalue weighted by molar-refractivity contribution is -0.132. The molecule has 2 unspecified atom stereocenters. The molecule has 0 spiro atoms. The topological polar surface area (TPSA) is 55.6 Å². The summed E-state index contributed by atoms with van der Waals surface area (Å²) in [6, 6.07) is 6.31. The van der Waals surface area contributed by atoms with Crippen molar-refractivity contribution in [3.05, 3.63) is 29.3 Å². The minimum atomic E-state index is 0. The van der Waals surface area contributed by atoms with Gasteiger partial charge in [0.25, 0.3) is 0 Å². The summed E-state index contributed by atoms with van der Waals surface area (Å²) < 4.78 is 5.69. The highest BCUT2D eigenvalue weighted by atomic mass is 35.5. The average molecular weight is 327 g/mol. The van der Waals surface area contributed by atoms with E-state index in [9.17, 15) is 4.79 Å². The maximum atomic E-state index is 12.2. The van der Waals surface area contributed by atoms with Gasteiger partial charge in [-0.15, -0.1) is 12.4 Å². The van der Waals surface area contributed by atoms with Gasteiger partial charge >= 0.3 is 0 Å². The Morgan fingerprint density at radius 3 is 2.68 bits per heavy atom. The second kappa shape index (κ2) is 8.39. The fraction of sp³-hybridized carbons (Fsp3) is 0.588. The van der Waals surface area contributed by atoms with Crippen molar-refractivity contribution >= 4 is 18.3 Å². The average Bonchev–Trinajstić information content (AvgIpc) is 2.84. The minimum absolute atomic E-state index is 0. The number of likely N-dealkylation sites (tertiary alicyclic amines) is 1. The number of nitrogens with zero attached hydrogens (tertiary/aromatic N) is 1. The molecule has 4 nitrogen and oxygen atoms in total. The third-order valence-corrected chi connectivity index (χ3v) is 4.38. The maximum Gasteiger partial charge on any atom is 0.226 e. The Labute approximate surface area is 139 Å². The smallest absolute Gasteiger partial charge is 0.226 e. The van der Waals surface area contributed by atoms with Crippen molar-refractivity contribution in [3.63, 3.8) is 0 Å². The SMILES string of the molecule is Cc1ccc(OCCC(=O)N2CC(CN)CC2C)cc1C.Cl. The van der Waals surface area contributed by atoms with Crippen molar-refractivity contribution in [2.75, 3.05) is 19.7 Å². The molecule has 1 amide bonds. The molecule has 124 valence electrons. The van der Waals surface area contributed by atoms with Crippen LogP contribution in [0.3, 0.4) is 0 Å². The lowest BCUT2D eigenvalue weighted by Crippen LogP contribution is -2.35. The van der Waals surface area contributed by atoms with Crippen molar-refractivity contribution in [1.29, 1.82) is 0 Å². The zero-order chi connectivity index (χ0) is 15.4. The first kappa shape index (κ1) is 18.8. The number of nitrogens with two attached hydrogens (primary N) is 1. The predicted molar refractivity (Wildman–Crippen MR) is 91.6 cm³/mol. The molecular formula is C17H27ClN2O2. The Morgan fingerprint density at radius 1 is 1.36 bits per heavy atom. The molecule has 2 N–H and O–H groups in total. The zero-order valence-electron chi connectivity index (χ0n) is 13.7. The van der Waals surface area contributed by atoms with Gasteiger partial charge in [0, 0.05) is 12.6 Å². The van der Waals surface area contributed by atoms with Crippen LogP contribution in [0.2, 0.25) is 0 Å². The number of benzene rings is 1. The third kappa shape index (κ3) is 4.62. The van der Waals surface area contributed by atoms with Crippen molar-refractivity contribution in [2.24, 2.45) is 11.7 Å². The van der Waals surface area contributed by atoms with E-state index in [1.807, 2.05) is 23.1 Å². The fourth-order valence-electron chi connectivity index (χ4n) is 2.86. The number of carbonyl (C=O) groups excluding carboxylic acids is 1. The van der Waals surface area contributed by atoms with Crippen LogP contribution in [0.25, 0.3) is 0 Å². The Hall–Kier alpha value is -1.26. The van der Waals surface area contributed by atoms with Crippen LogP contribution in [-0.4, -0.2) is 36.5 Å². The normalized spacial score (nSPS) is 20.6. The molecule has 22 heavy (non-hydrogen) atoms. The summed E-state index contributed by atoms with van der Waals surface area (Å²) in [5.74, 6) is 1.45. The molecule has 0 bridgehead atoms. The Bertz CT molecular complexity index is 507. The fourth-order valence-corrected chi connectivity index (χ4v) is 2.86. The number of hydrogen-bond acceptors (Lipinski definition) is 3. The second-order valence-electron chi connectivity index (χ2n) is 6.08. The van der Waals surface area contributed by atoms with Crippen LogP contribution in [0.4, 0.5) is 0 Å². The van der Waals surface area contributed by atoms with Crippen LogP contribution in [0.15, 0.2) is 18.2 Å². The molecule has 0 aromatic heterocycles. The molecule has 1 aromatic carbocycles. The molecule has 0 saturated carbocycles. The Morgan fingerprint density at radius 2 is 2.09 bits per heavy atom. The summed E-state index contributed by atoms with van der Waals surface area (Å²) >= 11 is 0. The molecule has 0 radical (unpaired) electrons. The molecule has 1 heterocycles. The van der Waals surface area contributed by atoms with E-state index in [2.05, 4.69) is 20.8 Å². The Kier molecular flexibility index (Phi) is 7.17. The summed E-state index contributed by atoms with van der Waals surface area (Å²) in [6.07, 6.45) is 1.44. The lowest BCUT2D eigenvalue weighted by atomic mass is 10.1. The summed E-state index contributed by atoms with van der Waals surface area (Å²) in [4.78, 5) is 14.2. The van der Waals surface area contributed by atoms with E-state index in [4.69, 9.17) is 10.5 Å². The molecule has 2 atom stereocenters. The van der Waals surface area contributed by atoms with Gasteiger partial charge in [0.2, 0.25) is 5.91 Å². The van der Waals surface area contributed by atoms with E-state index < -0.39 is 0 Å². The molecule has 1 fully saturated rings. The van der Waals surface area contributed by atoms with Crippen molar-refractivity contribution in [3.8, 4) is 5.75 Å². The highest BCUT2D eigenvalue weighted by Crippen LogP contribution is 2.23. The van der Waals surface area contributed by atoms with Crippen LogP contribution >= 0.6 is 12.4 Å². The van der Waals surface area contributed by atoms with Gasteiger partial charge in [0.05, 0.1) is 13.0 Å². The van der Waals surface area contributed by atoms with Gasteiger partial charge in [-0.1, -0.05) is 6.07 Å². The standard InChI is InChI=1S/C17H26N2O2.ClH/c1-12-4-5-16(8-13(12)2)21-7-6-17(20)19-11-15(10-18)9-14(19)3;/h4-5,8,14-15H,6-7,9-11,18H2,1-3H3;1H. The van der Waals surface area contributed by atoms with Gasteiger partial charge < -0.3 is 15.4 Å². The third-order valence-electron chi connectivity index (χ3n) is 4.38. The van der Waals surface area contributed by atoms with E-state index in [1.54, 1.807) is 0 Å². The number of aryl methyl sites for hydroxylation is 2. The van der Waals surface area contributed by atoms with E-state index >= 15 is 0 Å². The number of halogens is 1. The van der Waals surface area contributed by atoms with E-state index in [1.165, 1.54) is 11.1 Å². The highest BCUT2D eigenvalue weighted by molar-refractivity contribution is 5.85. The maximum absolute atomic E-state index is 12.2.